The molecule has 0 aliphatic heterocycles. The van der Waals surface area contributed by atoms with Crippen LogP contribution in [0.5, 0.6) is 0 Å². The van der Waals surface area contributed by atoms with Gasteiger partial charge in [0, 0.05) is 17.3 Å². The number of aryl methyl sites for hydroxylation is 2. The fourth-order valence-corrected chi connectivity index (χ4v) is 2.20. The van der Waals surface area contributed by atoms with Crippen LogP contribution in [-0.4, -0.2) is 0 Å². The maximum atomic E-state index is 13.2. The fraction of sp³-hybridized carbons (Fsp3) is 0.200. The number of benzene rings is 2. The summed E-state index contributed by atoms with van der Waals surface area (Å²) in [5.74, 6) is -0.327. The monoisotopic (exact) mass is 263 g/mol. The van der Waals surface area contributed by atoms with Crippen molar-refractivity contribution in [3.63, 3.8) is 0 Å². The predicted octanol–water partition coefficient (Wildman–Crippen LogP) is 4.71. The molecule has 2 aromatic carbocycles. The Morgan fingerprint density at radius 1 is 1.11 bits per heavy atom. The Labute approximate surface area is 112 Å². The van der Waals surface area contributed by atoms with E-state index in [2.05, 4.69) is 31.3 Å². The molecule has 0 fully saturated rings. The zero-order valence-corrected chi connectivity index (χ0v) is 11.2. The maximum absolute atomic E-state index is 13.2. The standard InChI is InChI=1S/C15H15ClFN/c1-10-4-3-5-11(2)15(10)9-18-14-7-12(16)6-13(17)8-14/h3-8,18H,9H2,1-2H3. The number of nitrogens with one attached hydrogen (secondary N) is 1. The maximum Gasteiger partial charge on any atom is 0.126 e. The van der Waals surface area contributed by atoms with Gasteiger partial charge in [0.05, 0.1) is 0 Å². The Hall–Kier alpha value is -1.54. The molecule has 0 spiro atoms. The van der Waals surface area contributed by atoms with Crippen molar-refractivity contribution < 1.29 is 4.39 Å². The van der Waals surface area contributed by atoms with E-state index in [9.17, 15) is 4.39 Å². The van der Waals surface area contributed by atoms with Gasteiger partial charge in [-0.25, -0.2) is 4.39 Å². The lowest BCUT2D eigenvalue weighted by molar-refractivity contribution is 0.628. The molecule has 0 saturated carbocycles. The summed E-state index contributed by atoms with van der Waals surface area (Å²) in [6, 6.07) is 10.6. The largest absolute Gasteiger partial charge is 0.381 e. The molecular weight excluding hydrogens is 249 g/mol. The molecule has 0 aliphatic carbocycles. The predicted molar refractivity (Wildman–Crippen MR) is 74.7 cm³/mol. The summed E-state index contributed by atoms with van der Waals surface area (Å²) in [5.41, 5.74) is 4.38. The smallest absolute Gasteiger partial charge is 0.126 e. The number of anilines is 1. The summed E-state index contributed by atoms with van der Waals surface area (Å²) in [5, 5.41) is 3.60. The summed E-state index contributed by atoms with van der Waals surface area (Å²) >= 11 is 5.81. The zero-order chi connectivity index (χ0) is 13.1. The first-order valence-corrected chi connectivity index (χ1v) is 6.19. The molecule has 0 aromatic heterocycles. The highest BCUT2D eigenvalue weighted by atomic mass is 35.5. The van der Waals surface area contributed by atoms with Gasteiger partial charge in [0.15, 0.2) is 0 Å². The van der Waals surface area contributed by atoms with E-state index < -0.39 is 0 Å². The fourth-order valence-electron chi connectivity index (χ4n) is 1.97. The van der Waals surface area contributed by atoms with Gasteiger partial charge in [-0.1, -0.05) is 29.8 Å². The van der Waals surface area contributed by atoms with E-state index in [-0.39, 0.29) is 5.82 Å². The molecule has 0 bridgehead atoms. The van der Waals surface area contributed by atoms with Gasteiger partial charge in [0.1, 0.15) is 5.82 Å². The van der Waals surface area contributed by atoms with Gasteiger partial charge >= 0.3 is 0 Å². The molecule has 0 heterocycles. The van der Waals surface area contributed by atoms with E-state index >= 15 is 0 Å². The molecule has 18 heavy (non-hydrogen) atoms. The van der Waals surface area contributed by atoms with E-state index in [1.54, 1.807) is 6.07 Å². The van der Waals surface area contributed by atoms with Gasteiger partial charge in [0.2, 0.25) is 0 Å². The van der Waals surface area contributed by atoms with Gasteiger partial charge in [-0.3, -0.25) is 0 Å². The number of rotatable bonds is 3. The molecule has 1 N–H and O–H groups in total. The average Bonchev–Trinajstić information content (AvgIpc) is 2.27. The third-order valence-electron chi connectivity index (χ3n) is 2.98. The van der Waals surface area contributed by atoms with E-state index in [1.165, 1.54) is 28.8 Å². The first-order chi connectivity index (χ1) is 8.56. The Morgan fingerprint density at radius 2 is 1.78 bits per heavy atom. The van der Waals surface area contributed by atoms with Crippen LogP contribution in [0.1, 0.15) is 16.7 Å². The van der Waals surface area contributed by atoms with E-state index in [4.69, 9.17) is 11.6 Å². The molecule has 2 aromatic rings. The topological polar surface area (TPSA) is 12.0 Å². The summed E-state index contributed by atoms with van der Waals surface area (Å²) in [6.07, 6.45) is 0. The van der Waals surface area contributed by atoms with Crippen LogP contribution in [0.3, 0.4) is 0 Å². The van der Waals surface area contributed by atoms with Crippen molar-refractivity contribution in [3.8, 4) is 0 Å². The minimum absolute atomic E-state index is 0.327. The Bertz CT molecular complexity index is 526. The van der Waals surface area contributed by atoms with Gasteiger partial charge in [-0.05, 0) is 48.7 Å². The van der Waals surface area contributed by atoms with Crippen molar-refractivity contribution in [3.05, 3.63) is 63.9 Å². The van der Waals surface area contributed by atoms with Gasteiger partial charge in [0.25, 0.3) is 0 Å². The molecule has 0 amide bonds. The minimum Gasteiger partial charge on any atom is -0.381 e. The number of halogens is 2. The zero-order valence-electron chi connectivity index (χ0n) is 10.4. The molecule has 2 rings (SSSR count). The number of hydrogen-bond donors (Lipinski definition) is 1. The third-order valence-corrected chi connectivity index (χ3v) is 3.19. The van der Waals surface area contributed by atoms with Gasteiger partial charge in [-0.15, -0.1) is 0 Å². The van der Waals surface area contributed by atoms with Gasteiger partial charge in [-0.2, -0.15) is 0 Å². The van der Waals surface area contributed by atoms with E-state index in [0.717, 1.165) is 0 Å². The molecule has 3 heteroatoms. The highest BCUT2D eigenvalue weighted by Gasteiger charge is 2.03. The second kappa shape index (κ2) is 5.40. The second-order valence-electron chi connectivity index (χ2n) is 4.38. The summed E-state index contributed by atoms with van der Waals surface area (Å²) in [4.78, 5) is 0. The molecule has 1 nitrogen and oxygen atoms in total. The van der Waals surface area contributed by atoms with Crippen LogP contribution < -0.4 is 5.32 Å². The first kappa shape index (κ1) is 12.9. The van der Waals surface area contributed by atoms with Crippen LogP contribution in [-0.2, 0) is 6.54 Å². The number of hydrogen-bond acceptors (Lipinski definition) is 1. The van der Waals surface area contributed by atoms with Crippen molar-refractivity contribution in [1.29, 1.82) is 0 Å². The summed E-state index contributed by atoms with van der Waals surface area (Å²) in [6.45, 7) is 4.81. The lowest BCUT2D eigenvalue weighted by atomic mass is 10.0. The summed E-state index contributed by atoms with van der Waals surface area (Å²) < 4.78 is 13.2. The van der Waals surface area contributed by atoms with Crippen LogP contribution in [0.15, 0.2) is 36.4 Å². The van der Waals surface area contributed by atoms with E-state index in [1.807, 2.05) is 6.07 Å². The van der Waals surface area contributed by atoms with Crippen molar-refractivity contribution in [2.24, 2.45) is 0 Å². The van der Waals surface area contributed by atoms with Crippen LogP contribution in [0.25, 0.3) is 0 Å². The minimum atomic E-state index is -0.327. The Balaban J connectivity index is 2.16. The highest BCUT2D eigenvalue weighted by Crippen LogP contribution is 2.20. The lowest BCUT2D eigenvalue weighted by Crippen LogP contribution is -2.03. The quantitative estimate of drug-likeness (QED) is 0.846. The normalized spacial score (nSPS) is 10.4. The molecular formula is C15H15ClFN. The van der Waals surface area contributed by atoms with E-state index in [0.29, 0.717) is 17.3 Å². The molecule has 0 unspecified atom stereocenters. The van der Waals surface area contributed by atoms with Crippen molar-refractivity contribution in [2.75, 3.05) is 5.32 Å². The van der Waals surface area contributed by atoms with Crippen LogP contribution in [0.4, 0.5) is 10.1 Å². The Kier molecular flexibility index (Phi) is 3.87. The van der Waals surface area contributed by atoms with Crippen LogP contribution in [0, 0.1) is 19.7 Å². The lowest BCUT2D eigenvalue weighted by Gasteiger charge is -2.12. The van der Waals surface area contributed by atoms with Crippen LogP contribution in [0.2, 0.25) is 5.02 Å². The highest BCUT2D eigenvalue weighted by molar-refractivity contribution is 6.30. The SMILES string of the molecule is Cc1cccc(C)c1CNc1cc(F)cc(Cl)c1. The molecule has 0 radical (unpaired) electrons. The first-order valence-electron chi connectivity index (χ1n) is 5.81. The van der Waals surface area contributed by atoms with Gasteiger partial charge < -0.3 is 5.32 Å². The summed E-state index contributed by atoms with van der Waals surface area (Å²) in [7, 11) is 0. The molecule has 94 valence electrons. The Morgan fingerprint density at radius 3 is 2.39 bits per heavy atom. The molecule has 0 atom stereocenters. The van der Waals surface area contributed by atoms with Crippen molar-refractivity contribution in [2.45, 2.75) is 20.4 Å². The van der Waals surface area contributed by atoms with Crippen molar-refractivity contribution in [1.82, 2.24) is 0 Å². The third kappa shape index (κ3) is 3.02. The van der Waals surface area contributed by atoms with Crippen LogP contribution >= 0.6 is 11.6 Å². The molecule has 0 saturated heterocycles. The second-order valence-corrected chi connectivity index (χ2v) is 4.82. The molecule has 0 aliphatic rings. The average molecular weight is 264 g/mol. The van der Waals surface area contributed by atoms with Crippen molar-refractivity contribution >= 4 is 17.3 Å².